The fraction of sp³-hybridized carbons (Fsp3) is 0.571. The van der Waals surface area contributed by atoms with Crippen molar-refractivity contribution in [3.8, 4) is 0 Å². The smallest absolute Gasteiger partial charge is 0.321 e. The summed E-state index contributed by atoms with van der Waals surface area (Å²) in [7, 11) is 0. The van der Waals surface area contributed by atoms with E-state index >= 15 is 0 Å². The maximum atomic E-state index is 10.5. The normalized spacial score (nSPS) is 12.2. The zero-order chi connectivity index (χ0) is 7.98. The van der Waals surface area contributed by atoms with Gasteiger partial charge in [0.05, 0.1) is 0 Å². The predicted molar refractivity (Wildman–Crippen MR) is 41.1 cm³/mol. The lowest BCUT2D eigenvalue weighted by Gasteiger charge is -2.08. The molecule has 0 aliphatic heterocycles. The summed E-state index contributed by atoms with van der Waals surface area (Å²) in [6.45, 7) is 5.31. The van der Waals surface area contributed by atoms with E-state index in [1.807, 2.05) is 0 Å². The van der Waals surface area contributed by atoms with E-state index in [4.69, 9.17) is 16.3 Å². The topological polar surface area (TPSA) is 26.3 Å². The minimum Gasteiger partial charge on any atom is -0.461 e. The van der Waals surface area contributed by atoms with E-state index in [1.165, 1.54) is 0 Å². The molecular formula is C7H11ClO2. The molecule has 3 heteroatoms. The number of ether oxygens (including phenoxy) is 1. The predicted octanol–water partition coefficient (Wildman–Crippen LogP) is 1.73. The van der Waals surface area contributed by atoms with Crippen LogP contribution in [0.1, 0.15) is 13.3 Å². The number of carbonyl (C=O) groups excluding carboxylic acids is 1. The lowest BCUT2D eigenvalue weighted by molar-refractivity contribution is -0.144. The van der Waals surface area contributed by atoms with Crippen molar-refractivity contribution in [3.05, 3.63) is 12.7 Å². The van der Waals surface area contributed by atoms with Crippen molar-refractivity contribution in [2.24, 2.45) is 0 Å². The van der Waals surface area contributed by atoms with Crippen LogP contribution >= 0.6 is 11.6 Å². The minimum absolute atomic E-state index is 0.0819. The first kappa shape index (κ1) is 9.50. The number of esters is 1. The first-order valence-corrected chi connectivity index (χ1v) is 3.60. The van der Waals surface area contributed by atoms with E-state index in [2.05, 4.69) is 6.58 Å². The number of rotatable bonds is 4. The molecule has 1 unspecified atom stereocenters. The molecule has 2 nitrogen and oxygen atoms in total. The molecule has 0 heterocycles. The highest BCUT2D eigenvalue weighted by atomic mass is 35.5. The summed E-state index contributed by atoms with van der Waals surface area (Å²) in [6.07, 6.45) is 2.26. The van der Waals surface area contributed by atoms with E-state index < -0.39 is 0 Å². The lowest BCUT2D eigenvalue weighted by Crippen LogP contribution is -2.14. The molecule has 0 aliphatic carbocycles. The van der Waals surface area contributed by atoms with Crippen LogP contribution in [0.4, 0.5) is 0 Å². The maximum Gasteiger partial charge on any atom is 0.321 e. The molecule has 0 saturated carbocycles. The Morgan fingerprint density at radius 3 is 2.90 bits per heavy atom. The summed E-state index contributed by atoms with van der Waals surface area (Å²) in [4.78, 5) is 10.5. The standard InChI is InChI=1S/C7H11ClO2/c1-3-4-6(2)10-7(9)5-8/h3,6H,1,4-5H2,2H3. The van der Waals surface area contributed by atoms with Gasteiger partial charge in [-0.1, -0.05) is 6.08 Å². The Bertz CT molecular complexity index is 123. The van der Waals surface area contributed by atoms with Crippen LogP contribution in [0.5, 0.6) is 0 Å². The molecule has 0 aromatic heterocycles. The molecule has 0 amide bonds. The summed E-state index contributed by atoms with van der Waals surface area (Å²) >= 11 is 5.20. The Morgan fingerprint density at radius 1 is 1.90 bits per heavy atom. The average molecular weight is 163 g/mol. The number of alkyl halides is 1. The van der Waals surface area contributed by atoms with Gasteiger partial charge in [-0.15, -0.1) is 18.2 Å². The molecule has 0 saturated heterocycles. The van der Waals surface area contributed by atoms with Crippen LogP contribution in [0.25, 0.3) is 0 Å². The van der Waals surface area contributed by atoms with Crippen LogP contribution in [0.3, 0.4) is 0 Å². The van der Waals surface area contributed by atoms with Gasteiger partial charge in [0.2, 0.25) is 0 Å². The van der Waals surface area contributed by atoms with E-state index in [-0.39, 0.29) is 18.0 Å². The number of hydrogen-bond acceptors (Lipinski definition) is 2. The Hall–Kier alpha value is -0.500. The highest BCUT2D eigenvalue weighted by Gasteiger charge is 2.04. The fourth-order valence-electron chi connectivity index (χ4n) is 0.539. The highest BCUT2D eigenvalue weighted by Crippen LogP contribution is 1.98. The van der Waals surface area contributed by atoms with Crippen LogP contribution in [-0.2, 0) is 9.53 Å². The van der Waals surface area contributed by atoms with Crippen molar-refractivity contribution in [1.82, 2.24) is 0 Å². The zero-order valence-corrected chi connectivity index (χ0v) is 6.73. The van der Waals surface area contributed by atoms with E-state index in [0.717, 1.165) is 0 Å². The van der Waals surface area contributed by atoms with E-state index in [9.17, 15) is 4.79 Å². The molecule has 58 valence electrons. The molecule has 0 spiro atoms. The molecule has 0 aromatic carbocycles. The van der Waals surface area contributed by atoms with Crippen molar-refractivity contribution < 1.29 is 9.53 Å². The lowest BCUT2D eigenvalue weighted by atomic mass is 10.3. The SMILES string of the molecule is C=CCC(C)OC(=O)CCl. The monoisotopic (exact) mass is 162 g/mol. The van der Waals surface area contributed by atoms with Crippen LogP contribution in [0, 0.1) is 0 Å². The zero-order valence-electron chi connectivity index (χ0n) is 5.97. The van der Waals surface area contributed by atoms with Crippen LogP contribution < -0.4 is 0 Å². The summed E-state index contributed by atoms with van der Waals surface area (Å²) in [5.41, 5.74) is 0. The molecule has 0 fully saturated rings. The fourth-order valence-corrected chi connectivity index (χ4v) is 0.602. The number of hydrogen-bond donors (Lipinski definition) is 0. The Balaban J connectivity index is 3.46. The van der Waals surface area contributed by atoms with E-state index in [1.54, 1.807) is 13.0 Å². The Labute approximate surface area is 65.8 Å². The highest BCUT2D eigenvalue weighted by molar-refractivity contribution is 6.26. The van der Waals surface area contributed by atoms with Crippen molar-refractivity contribution in [3.63, 3.8) is 0 Å². The van der Waals surface area contributed by atoms with Gasteiger partial charge in [0.1, 0.15) is 12.0 Å². The third kappa shape index (κ3) is 4.39. The number of carbonyl (C=O) groups is 1. The van der Waals surface area contributed by atoms with Crippen LogP contribution in [0.2, 0.25) is 0 Å². The molecule has 0 aliphatic rings. The van der Waals surface area contributed by atoms with E-state index in [0.29, 0.717) is 6.42 Å². The quantitative estimate of drug-likeness (QED) is 0.358. The second-order valence-electron chi connectivity index (χ2n) is 1.96. The van der Waals surface area contributed by atoms with Gasteiger partial charge in [-0.25, -0.2) is 0 Å². The van der Waals surface area contributed by atoms with Gasteiger partial charge in [0, 0.05) is 6.42 Å². The first-order valence-electron chi connectivity index (χ1n) is 3.07. The van der Waals surface area contributed by atoms with Gasteiger partial charge in [-0.05, 0) is 6.92 Å². The van der Waals surface area contributed by atoms with Gasteiger partial charge in [0.15, 0.2) is 0 Å². The molecule has 0 bridgehead atoms. The average Bonchev–Trinajstić information content (AvgIpc) is 1.88. The van der Waals surface area contributed by atoms with Gasteiger partial charge >= 0.3 is 5.97 Å². The summed E-state index contributed by atoms with van der Waals surface area (Å²) in [5.74, 6) is -0.461. The third-order valence-corrected chi connectivity index (χ3v) is 1.16. The molecule has 0 aromatic rings. The molecule has 0 N–H and O–H groups in total. The molecule has 10 heavy (non-hydrogen) atoms. The van der Waals surface area contributed by atoms with Crippen molar-refractivity contribution in [1.29, 1.82) is 0 Å². The van der Waals surface area contributed by atoms with Crippen molar-refractivity contribution in [2.45, 2.75) is 19.4 Å². The van der Waals surface area contributed by atoms with Gasteiger partial charge in [-0.3, -0.25) is 4.79 Å². The maximum absolute atomic E-state index is 10.5. The number of halogens is 1. The Kier molecular flexibility index (Phi) is 5.03. The molecule has 1 atom stereocenters. The Morgan fingerprint density at radius 2 is 2.50 bits per heavy atom. The minimum atomic E-state index is -0.379. The van der Waals surface area contributed by atoms with Crippen LogP contribution in [-0.4, -0.2) is 18.0 Å². The molecular weight excluding hydrogens is 152 g/mol. The third-order valence-electron chi connectivity index (χ3n) is 0.940. The molecule has 0 rings (SSSR count). The van der Waals surface area contributed by atoms with Gasteiger partial charge in [0.25, 0.3) is 0 Å². The second kappa shape index (κ2) is 5.30. The first-order chi connectivity index (χ1) is 4.70. The van der Waals surface area contributed by atoms with Crippen LogP contribution in [0.15, 0.2) is 12.7 Å². The summed E-state index contributed by atoms with van der Waals surface area (Å²) in [5, 5.41) is 0. The largest absolute Gasteiger partial charge is 0.461 e. The van der Waals surface area contributed by atoms with Gasteiger partial charge < -0.3 is 4.74 Å². The van der Waals surface area contributed by atoms with Crippen molar-refractivity contribution >= 4 is 17.6 Å². The summed E-state index contributed by atoms with van der Waals surface area (Å²) < 4.78 is 4.80. The summed E-state index contributed by atoms with van der Waals surface area (Å²) in [6, 6.07) is 0. The van der Waals surface area contributed by atoms with Gasteiger partial charge in [-0.2, -0.15) is 0 Å². The van der Waals surface area contributed by atoms with Crippen molar-refractivity contribution in [2.75, 3.05) is 5.88 Å². The molecule has 0 radical (unpaired) electrons. The second-order valence-corrected chi connectivity index (χ2v) is 2.23.